The van der Waals surface area contributed by atoms with Crippen molar-refractivity contribution in [2.45, 2.75) is 0 Å². The van der Waals surface area contributed by atoms with E-state index in [0.29, 0.717) is 4.88 Å². The molecule has 5 heteroatoms. The number of nitrogens with zero attached hydrogens (tertiary/aromatic N) is 2. The third-order valence-corrected chi connectivity index (χ3v) is 3.49. The number of hydrogen-bond acceptors (Lipinski definition) is 4. The number of ether oxygens (including phenoxy) is 1. The first-order chi connectivity index (χ1) is 8.61. The Balaban J connectivity index is 2.26. The number of hydrogen-bond donors (Lipinski definition) is 0. The molecule has 0 aliphatic carbocycles. The Kier molecular flexibility index (Phi) is 3.62. The number of thiazole rings is 1. The van der Waals surface area contributed by atoms with Crippen LogP contribution in [0, 0.1) is 0 Å². The number of aromatic nitrogens is 1. The molecule has 4 nitrogen and oxygen atoms in total. The number of methoxy groups -OCH3 is 1. The predicted molar refractivity (Wildman–Crippen MR) is 72.1 cm³/mol. The summed E-state index contributed by atoms with van der Waals surface area (Å²) in [6.07, 6.45) is 1.62. The quantitative estimate of drug-likeness (QED) is 0.853. The molecule has 0 atom stereocenters. The number of benzene rings is 1. The van der Waals surface area contributed by atoms with E-state index in [1.165, 1.54) is 11.3 Å². The van der Waals surface area contributed by atoms with E-state index >= 15 is 0 Å². The zero-order valence-corrected chi connectivity index (χ0v) is 11.3. The fourth-order valence-electron chi connectivity index (χ4n) is 1.46. The van der Waals surface area contributed by atoms with Crippen LogP contribution in [0.2, 0.25) is 0 Å². The van der Waals surface area contributed by atoms with E-state index in [9.17, 15) is 4.79 Å². The number of amides is 1. The van der Waals surface area contributed by atoms with Gasteiger partial charge in [-0.15, -0.1) is 11.3 Å². The van der Waals surface area contributed by atoms with Crippen LogP contribution < -0.4 is 4.74 Å². The summed E-state index contributed by atoms with van der Waals surface area (Å²) in [4.78, 5) is 18.2. The van der Waals surface area contributed by atoms with Crippen molar-refractivity contribution in [3.8, 4) is 16.3 Å². The van der Waals surface area contributed by atoms with Gasteiger partial charge in [-0.3, -0.25) is 4.79 Å². The monoisotopic (exact) mass is 262 g/mol. The second-order valence-corrected chi connectivity index (χ2v) is 4.99. The van der Waals surface area contributed by atoms with E-state index in [-0.39, 0.29) is 5.91 Å². The molecule has 18 heavy (non-hydrogen) atoms. The molecule has 1 aromatic carbocycles. The van der Waals surface area contributed by atoms with Crippen LogP contribution in [0.25, 0.3) is 10.6 Å². The second-order valence-electron chi connectivity index (χ2n) is 3.96. The van der Waals surface area contributed by atoms with Gasteiger partial charge in [0.05, 0.1) is 13.3 Å². The standard InChI is InChI=1S/C13H14N2O2S/c1-15(2)13(16)11-8-14-12(18-11)9-4-6-10(17-3)7-5-9/h4-8H,1-3H3. The molecule has 94 valence electrons. The molecule has 0 N–H and O–H groups in total. The van der Waals surface area contributed by atoms with Crippen molar-refractivity contribution >= 4 is 17.2 Å². The van der Waals surface area contributed by atoms with E-state index < -0.39 is 0 Å². The normalized spacial score (nSPS) is 10.2. The molecule has 2 rings (SSSR count). The minimum Gasteiger partial charge on any atom is -0.497 e. The van der Waals surface area contributed by atoms with Crippen molar-refractivity contribution in [3.05, 3.63) is 35.3 Å². The fourth-order valence-corrected chi connectivity index (χ4v) is 2.40. The van der Waals surface area contributed by atoms with Gasteiger partial charge >= 0.3 is 0 Å². The molecule has 1 amide bonds. The molecule has 0 saturated heterocycles. The molecule has 0 fully saturated rings. The first-order valence-electron chi connectivity index (χ1n) is 5.43. The molecular formula is C13H14N2O2S. The number of rotatable bonds is 3. The highest BCUT2D eigenvalue weighted by atomic mass is 32.1. The van der Waals surface area contributed by atoms with Gasteiger partial charge in [-0.1, -0.05) is 0 Å². The van der Waals surface area contributed by atoms with E-state index in [0.717, 1.165) is 16.3 Å². The van der Waals surface area contributed by atoms with Crippen molar-refractivity contribution in [2.75, 3.05) is 21.2 Å². The highest BCUT2D eigenvalue weighted by Gasteiger charge is 2.13. The lowest BCUT2D eigenvalue weighted by atomic mass is 10.2. The van der Waals surface area contributed by atoms with Gasteiger partial charge in [-0.05, 0) is 24.3 Å². The maximum Gasteiger partial charge on any atom is 0.265 e. The van der Waals surface area contributed by atoms with Crippen LogP contribution in [0.5, 0.6) is 5.75 Å². The van der Waals surface area contributed by atoms with Crippen LogP contribution in [-0.4, -0.2) is 37.0 Å². The summed E-state index contributed by atoms with van der Waals surface area (Å²) in [5.74, 6) is 0.784. The van der Waals surface area contributed by atoms with E-state index in [4.69, 9.17) is 4.74 Å². The van der Waals surface area contributed by atoms with Crippen LogP contribution in [0.1, 0.15) is 9.67 Å². The lowest BCUT2D eigenvalue weighted by Crippen LogP contribution is -2.20. The number of carbonyl (C=O) groups is 1. The zero-order valence-electron chi connectivity index (χ0n) is 10.5. The Morgan fingerprint density at radius 1 is 1.28 bits per heavy atom. The molecule has 0 radical (unpaired) electrons. The maximum absolute atomic E-state index is 11.8. The fraction of sp³-hybridized carbons (Fsp3) is 0.231. The Morgan fingerprint density at radius 3 is 2.50 bits per heavy atom. The predicted octanol–water partition coefficient (Wildman–Crippen LogP) is 2.52. The summed E-state index contributed by atoms with van der Waals surface area (Å²) in [6.45, 7) is 0. The Hall–Kier alpha value is -1.88. The third kappa shape index (κ3) is 2.51. The lowest BCUT2D eigenvalue weighted by molar-refractivity contribution is 0.0832. The van der Waals surface area contributed by atoms with E-state index in [2.05, 4.69) is 4.98 Å². The van der Waals surface area contributed by atoms with Crippen LogP contribution >= 0.6 is 11.3 Å². The molecule has 1 heterocycles. The second kappa shape index (κ2) is 5.18. The first kappa shape index (κ1) is 12.6. The van der Waals surface area contributed by atoms with Crippen molar-refractivity contribution in [3.63, 3.8) is 0 Å². The summed E-state index contributed by atoms with van der Waals surface area (Å²) < 4.78 is 5.10. The average molecular weight is 262 g/mol. The molecule has 2 aromatic rings. The average Bonchev–Trinajstić information content (AvgIpc) is 2.87. The van der Waals surface area contributed by atoms with Gasteiger partial charge in [0.15, 0.2) is 0 Å². The highest BCUT2D eigenvalue weighted by Crippen LogP contribution is 2.27. The minimum absolute atomic E-state index is 0.0211. The summed E-state index contributed by atoms with van der Waals surface area (Å²) in [6, 6.07) is 7.62. The summed E-state index contributed by atoms with van der Waals surface area (Å²) in [7, 11) is 5.09. The smallest absolute Gasteiger partial charge is 0.265 e. The Morgan fingerprint density at radius 2 is 1.94 bits per heavy atom. The molecule has 0 aliphatic rings. The first-order valence-corrected chi connectivity index (χ1v) is 6.25. The number of carbonyl (C=O) groups excluding carboxylic acids is 1. The molecular weight excluding hydrogens is 248 g/mol. The molecule has 0 aliphatic heterocycles. The lowest BCUT2D eigenvalue weighted by Gasteiger charge is -2.06. The zero-order chi connectivity index (χ0) is 13.1. The van der Waals surface area contributed by atoms with Crippen molar-refractivity contribution in [2.24, 2.45) is 0 Å². The van der Waals surface area contributed by atoms with Gasteiger partial charge in [0.1, 0.15) is 15.6 Å². The van der Waals surface area contributed by atoms with E-state index in [1.54, 1.807) is 32.3 Å². The maximum atomic E-state index is 11.8. The van der Waals surface area contributed by atoms with Gasteiger partial charge in [0.25, 0.3) is 5.91 Å². The molecule has 1 aromatic heterocycles. The topological polar surface area (TPSA) is 42.4 Å². The largest absolute Gasteiger partial charge is 0.497 e. The Labute approximate surface area is 110 Å². The van der Waals surface area contributed by atoms with Crippen LogP contribution in [-0.2, 0) is 0 Å². The van der Waals surface area contributed by atoms with Gasteiger partial charge < -0.3 is 9.64 Å². The third-order valence-electron chi connectivity index (χ3n) is 2.46. The van der Waals surface area contributed by atoms with Gasteiger partial charge in [0, 0.05) is 19.7 Å². The SMILES string of the molecule is COc1ccc(-c2ncc(C(=O)N(C)C)s2)cc1. The molecule has 0 spiro atoms. The molecule has 0 saturated carbocycles. The van der Waals surface area contributed by atoms with Crippen LogP contribution in [0.15, 0.2) is 30.5 Å². The minimum atomic E-state index is -0.0211. The highest BCUT2D eigenvalue weighted by molar-refractivity contribution is 7.16. The van der Waals surface area contributed by atoms with Crippen molar-refractivity contribution in [1.82, 2.24) is 9.88 Å². The Bertz CT molecular complexity index is 546. The van der Waals surface area contributed by atoms with E-state index in [1.807, 2.05) is 24.3 Å². The summed E-state index contributed by atoms with van der Waals surface area (Å²) in [5, 5.41) is 0.836. The van der Waals surface area contributed by atoms with Gasteiger partial charge in [0.2, 0.25) is 0 Å². The van der Waals surface area contributed by atoms with Crippen molar-refractivity contribution < 1.29 is 9.53 Å². The molecule has 0 bridgehead atoms. The molecule has 0 unspecified atom stereocenters. The summed E-state index contributed by atoms with van der Waals surface area (Å²) in [5.41, 5.74) is 0.985. The van der Waals surface area contributed by atoms with Crippen LogP contribution in [0.3, 0.4) is 0 Å². The van der Waals surface area contributed by atoms with Crippen molar-refractivity contribution in [1.29, 1.82) is 0 Å². The van der Waals surface area contributed by atoms with Gasteiger partial charge in [-0.25, -0.2) is 4.98 Å². The van der Waals surface area contributed by atoms with Crippen LogP contribution in [0.4, 0.5) is 0 Å². The summed E-state index contributed by atoms with van der Waals surface area (Å²) >= 11 is 1.39. The van der Waals surface area contributed by atoms with Gasteiger partial charge in [-0.2, -0.15) is 0 Å².